The van der Waals surface area contributed by atoms with E-state index in [2.05, 4.69) is 50.1 Å². The molecule has 1 atom stereocenters. The van der Waals surface area contributed by atoms with E-state index in [9.17, 15) is 9.59 Å². The highest BCUT2D eigenvalue weighted by Crippen LogP contribution is 2.25. The summed E-state index contributed by atoms with van der Waals surface area (Å²) in [5.41, 5.74) is 1.15. The first-order valence-corrected chi connectivity index (χ1v) is 7.67. The van der Waals surface area contributed by atoms with Gasteiger partial charge in [-0.05, 0) is 42.3 Å². The van der Waals surface area contributed by atoms with E-state index in [0.29, 0.717) is 16.0 Å². The summed E-state index contributed by atoms with van der Waals surface area (Å²) >= 11 is 3.29. The molecule has 0 radical (unpaired) electrons. The molecule has 21 heavy (non-hydrogen) atoms. The van der Waals surface area contributed by atoms with Gasteiger partial charge in [-0.3, -0.25) is 4.79 Å². The van der Waals surface area contributed by atoms with Crippen LogP contribution >= 0.6 is 15.9 Å². The molecule has 0 aliphatic carbocycles. The highest BCUT2D eigenvalue weighted by Gasteiger charge is 2.17. The molecule has 6 nitrogen and oxygen atoms in total. The van der Waals surface area contributed by atoms with Crippen LogP contribution in [-0.4, -0.2) is 29.5 Å². The molecular formula is C14H20BrN3O3. The Labute approximate surface area is 132 Å². The quantitative estimate of drug-likeness (QED) is 0.464. The third-order valence-electron chi connectivity index (χ3n) is 2.70. The fourth-order valence-corrected chi connectivity index (χ4v) is 2.12. The SMILES string of the molecule is CCCC(C)Nc1cc(Br)ncc1NC(=O)C(=O)OCC. The van der Waals surface area contributed by atoms with Gasteiger partial charge in [-0.25, -0.2) is 9.78 Å². The van der Waals surface area contributed by atoms with Gasteiger partial charge in [0.15, 0.2) is 0 Å². The number of rotatable bonds is 6. The average molecular weight is 358 g/mol. The van der Waals surface area contributed by atoms with Gasteiger partial charge in [-0.15, -0.1) is 0 Å². The van der Waals surface area contributed by atoms with Crippen LogP contribution in [0.1, 0.15) is 33.6 Å². The van der Waals surface area contributed by atoms with Gasteiger partial charge < -0.3 is 15.4 Å². The van der Waals surface area contributed by atoms with Crippen LogP contribution in [0.25, 0.3) is 0 Å². The second-order valence-electron chi connectivity index (χ2n) is 4.56. The standard InChI is InChI=1S/C14H20BrN3O3/c1-4-6-9(3)17-10-7-12(15)16-8-11(10)18-13(19)14(20)21-5-2/h7-9H,4-6H2,1-3H3,(H,16,17)(H,18,19). The Hall–Kier alpha value is -1.63. The number of aromatic nitrogens is 1. The minimum atomic E-state index is -0.909. The van der Waals surface area contributed by atoms with E-state index in [1.54, 1.807) is 13.0 Å². The summed E-state index contributed by atoms with van der Waals surface area (Å²) in [5, 5.41) is 5.80. The Kier molecular flexibility index (Phi) is 7.14. The Bertz CT molecular complexity index is 508. The number of pyridine rings is 1. The number of esters is 1. The largest absolute Gasteiger partial charge is 0.459 e. The van der Waals surface area contributed by atoms with Crippen molar-refractivity contribution in [2.24, 2.45) is 0 Å². The highest BCUT2D eigenvalue weighted by molar-refractivity contribution is 9.10. The fourth-order valence-electron chi connectivity index (χ4n) is 1.79. The molecule has 0 spiro atoms. The lowest BCUT2D eigenvalue weighted by atomic mass is 10.2. The van der Waals surface area contributed by atoms with E-state index < -0.39 is 11.9 Å². The van der Waals surface area contributed by atoms with Crippen LogP contribution in [0.15, 0.2) is 16.9 Å². The first-order valence-electron chi connectivity index (χ1n) is 6.88. The smallest absolute Gasteiger partial charge is 0.397 e. The molecule has 1 unspecified atom stereocenters. The maximum absolute atomic E-state index is 11.7. The third kappa shape index (κ3) is 5.71. The molecule has 0 fully saturated rings. The molecule has 7 heteroatoms. The first-order chi connectivity index (χ1) is 9.97. The van der Waals surface area contributed by atoms with Crippen molar-refractivity contribution in [3.8, 4) is 0 Å². The number of carbonyl (C=O) groups excluding carboxylic acids is 2. The maximum Gasteiger partial charge on any atom is 0.397 e. The van der Waals surface area contributed by atoms with Gasteiger partial charge in [0, 0.05) is 6.04 Å². The number of amides is 1. The molecule has 1 heterocycles. The summed E-state index contributed by atoms with van der Waals surface area (Å²) < 4.78 is 5.30. The summed E-state index contributed by atoms with van der Waals surface area (Å²) in [6.45, 7) is 5.95. The topological polar surface area (TPSA) is 80.3 Å². The molecule has 116 valence electrons. The second-order valence-corrected chi connectivity index (χ2v) is 5.37. The van der Waals surface area contributed by atoms with Crippen molar-refractivity contribution in [2.75, 3.05) is 17.2 Å². The van der Waals surface area contributed by atoms with E-state index in [-0.39, 0.29) is 12.6 Å². The number of hydrogen-bond donors (Lipinski definition) is 2. The number of nitrogens with one attached hydrogen (secondary N) is 2. The zero-order valence-electron chi connectivity index (χ0n) is 12.4. The molecule has 1 amide bonds. The number of anilines is 2. The molecule has 0 bridgehead atoms. The van der Waals surface area contributed by atoms with Crippen LogP contribution in [-0.2, 0) is 14.3 Å². The minimum absolute atomic E-state index is 0.156. The fraction of sp³-hybridized carbons (Fsp3) is 0.500. The zero-order chi connectivity index (χ0) is 15.8. The van der Waals surface area contributed by atoms with E-state index in [0.717, 1.165) is 12.8 Å². The molecule has 0 aromatic carbocycles. The number of ether oxygens (including phenoxy) is 1. The van der Waals surface area contributed by atoms with Crippen LogP contribution in [0.4, 0.5) is 11.4 Å². The van der Waals surface area contributed by atoms with Crippen molar-refractivity contribution in [1.29, 1.82) is 0 Å². The van der Waals surface area contributed by atoms with Gasteiger partial charge in [0.25, 0.3) is 0 Å². The first kappa shape index (κ1) is 17.4. The van der Waals surface area contributed by atoms with Crippen molar-refractivity contribution < 1.29 is 14.3 Å². The van der Waals surface area contributed by atoms with Gasteiger partial charge >= 0.3 is 11.9 Å². The Balaban J connectivity index is 2.86. The van der Waals surface area contributed by atoms with E-state index in [4.69, 9.17) is 0 Å². The summed E-state index contributed by atoms with van der Waals surface area (Å²) in [6, 6.07) is 2.00. The van der Waals surface area contributed by atoms with Crippen LogP contribution in [0.2, 0.25) is 0 Å². The zero-order valence-corrected chi connectivity index (χ0v) is 14.0. The number of nitrogens with zero attached hydrogens (tertiary/aromatic N) is 1. The summed E-state index contributed by atoms with van der Waals surface area (Å²) in [6.07, 6.45) is 3.53. The monoisotopic (exact) mass is 357 g/mol. The second kappa shape index (κ2) is 8.61. The van der Waals surface area contributed by atoms with Gasteiger partial charge in [0.05, 0.1) is 24.2 Å². The number of carbonyl (C=O) groups is 2. The summed E-state index contributed by atoms with van der Waals surface area (Å²) in [4.78, 5) is 27.1. The van der Waals surface area contributed by atoms with Gasteiger partial charge in [0.2, 0.25) is 0 Å². The lowest BCUT2D eigenvalue weighted by Crippen LogP contribution is -2.26. The predicted molar refractivity (Wildman–Crippen MR) is 85.2 cm³/mol. The van der Waals surface area contributed by atoms with Gasteiger partial charge in [0.1, 0.15) is 4.60 Å². The van der Waals surface area contributed by atoms with Crippen molar-refractivity contribution >= 4 is 39.2 Å². The highest BCUT2D eigenvalue weighted by atomic mass is 79.9. The molecule has 0 saturated carbocycles. The summed E-state index contributed by atoms with van der Waals surface area (Å²) in [5.74, 6) is -1.72. The normalized spacial score (nSPS) is 11.6. The minimum Gasteiger partial charge on any atom is -0.459 e. The van der Waals surface area contributed by atoms with Crippen molar-refractivity contribution in [3.05, 3.63) is 16.9 Å². The van der Waals surface area contributed by atoms with Crippen molar-refractivity contribution in [3.63, 3.8) is 0 Å². The van der Waals surface area contributed by atoms with Crippen LogP contribution < -0.4 is 10.6 Å². The van der Waals surface area contributed by atoms with E-state index >= 15 is 0 Å². The van der Waals surface area contributed by atoms with Crippen molar-refractivity contribution in [1.82, 2.24) is 4.98 Å². The van der Waals surface area contributed by atoms with Crippen LogP contribution in [0, 0.1) is 0 Å². The predicted octanol–water partition coefficient (Wildman–Crippen LogP) is 2.95. The average Bonchev–Trinajstić information content (AvgIpc) is 2.42. The molecule has 0 aliphatic heterocycles. The van der Waals surface area contributed by atoms with Gasteiger partial charge in [-0.1, -0.05) is 13.3 Å². The molecule has 1 aromatic heterocycles. The number of halogens is 1. The van der Waals surface area contributed by atoms with Crippen LogP contribution in [0.3, 0.4) is 0 Å². The Morgan fingerprint density at radius 2 is 2.10 bits per heavy atom. The Morgan fingerprint density at radius 3 is 2.71 bits per heavy atom. The lowest BCUT2D eigenvalue weighted by molar-refractivity contribution is -0.152. The lowest BCUT2D eigenvalue weighted by Gasteiger charge is -2.17. The summed E-state index contributed by atoms with van der Waals surface area (Å²) in [7, 11) is 0. The Morgan fingerprint density at radius 1 is 1.38 bits per heavy atom. The van der Waals surface area contributed by atoms with E-state index in [1.165, 1.54) is 6.20 Å². The third-order valence-corrected chi connectivity index (χ3v) is 3.14. The van der Waals surface area contributed by atoms with Gasteiger partial charge in [-0.2, -0.15) is 0 Å². The van der Waals surface area contributed by atoms with Crippen LogP contribution in [0.5, 0.6) is 0 Å². The van der Waals surface area contributed by atoms with Crippen molar-refractivity contribution in [2.45, 2.75) is 39.7 Å². The molecule has 2 N–H and O–H groups in total. The molecular weight excluding hydrogens is 338 g/mol. The van der Waals surface area contributed by atoms with E-state index in [1.807, 2.05) is 0 Å². The molecule has 1 rings (SSSR count). The molecule has 0 aliphatic rings. The molecule has 1 aromatic rings. The molecule has 0 saturated heterocycles. The number of hydrogen-bond acceptors (Lipinski definition) is 5. The maximum atomic E-state index is 11.7.